The van der Waals surface area contributed by atoms with E-state index in [1.807, 2.05) is 19.2 Å². The van der Waals surface area contributed by atoms with E-state index in [2.05, 4.69) is 22.5 Å². The van der Waals surface area contributed by atoms with E-state index in [0.717, 1.165) is 69.6 Å². The zero-order valence-electron chi connectivity index (χ0n) is 24.0. The Balaban J connectivity index is 1.20. The van der Waals surface area contributed by atoms with Crippen LogP contribution in [0.2, 0.25) is 0 Å². The van der Waals surface area contributed by atoms with Crippen molar-refractivity contribution in [2.75, 3.05) is 17.2 Å². The van der Waals surface area contributed by atoms with Crippen molar-refractivity contribution in [1.82, 2.24) is 19.9 Å². The van der Waals surface area contributed by atoms with E-state index in [0.29, 0.717) is 11.9 Å². The smallest absolute Gasteiger partial charge is 0.225 e. The van der Waals surface area contributed by atoms with Crippen molar-refractivity contribution in [2.45, 2.75) is 108 Å². The van der Waals surface area contributed by atoms with Gasteiger partial charge in [0.1, 0.15) is 22.4 Å². The summed E-state index contributed by atoms with van der Waals surface area (Å²) in [7, 11) is 0. The van der Waals surface area contributed by atoms with E-state index in [-0.39, 0.29) is 30.5 Å². The number of pyridine rings is 1. The molecular formula is C31H40N6O3S. The lowest BCUT2D eigenvalue weighted by molar-refractivity contribution is -0.134. The van der Waals surface area contributed by atoms with Crippen LogP contribution in [-0.4, -0.2) is 55.3 Å². The highest BCUT2D eigenvalue weighted by molar-refractivity contribution is 7.21. The Morgan fingerprint density at radius 3 is 2.54 bits per heavy atom. The fourth-order valence-electron chi connectivity index (χ4n) is 7.66. The first-order valence-corrected chi connectivity index (χ1v) is 16.4. The van der Waals surface area contributed by atoms with Gasteiger partial charge in [-0.2, -0.15) is 4.98 Å². The average molecular weight is 577 g/mol. The van der Waals surface area contributed by atoms with Crippen molar-refractivity contribution in [1.29, 1.82) is 0 Å². The number of aromatic nitrogens is 4. The number of aryl methyl sites for hydroxylation is 2. The van der Waals surface area contributed by atoms with Crippen molar-refractivity contribution in [3.05, 3.63) is 23.7 Å². The largest absolute Gasteiger partial charge is 0.396 e. The predicted octanol–water partition coefficient (Wildman–Crippen LogP) is 5.95. The lowest BCUT2D eigenvalue weighted by atomic mass is 9.89. The molecule has 0 amide bonds. The number of fused-ring (bicyclic) bond motifs is 2. The molecule has 3 aromatic heterocycles. The topological polar surface area (TPSA) is 114 Å². The second-order valence-corrected chi connectivity index (χ2v) is 14.1. The van der Waals surface area contributed by atoms with E-state index in [9.17, 15) is 5.11 Å². The monoisotopic (exact) mass is 576 g/mol. The number of anilines is 2. The summed E-state index contributed by atoms with van der Waals surface area (Å²) >= 11 is 1.64. The van der Waals surface area contributed by atoms with Crippen molar-refractivity contribution in [3.8, 4) is 10.6 Å². The molecule has 5 aliphatic rings. The summed E-state index contributed by atoms with van der Waals surface area (Å²) in [6, 6.07) is 2.02. The summed E-state index contributed by atoms with van der Waals surface area (Å²) in [5.41, 5.74) is 3.02. The van der Waals surface area contributed by atoms with Gasteiger partial charge in [-0.05, 0) is 77.2 Å². The van der Waals surface area contributed by atoms with Crippen molar-refractivity contribution < 1.29 is 14.6 Å². The van der Waals surface area contributed by atoms with Gasteiger partial charge in [-0.25, -0.2) is 9.97 Å². The molecule has 0 bridgehead atoms. The zero-order valence-corrected chi connectivity index (χ0v) is 24.8. The highest BCUT2D eigenvalue weighted by Crippen LogP contribution is 2.55. The molecule has 4 aliphatic carbocycles. The standard InChI is InChI=1S/C31H40N6O3S/c1-17-23(27-34-24-18(2)32-15-11-22(24)41-27)26(35-29(33-17)37-30(13-14-30)21-8-9-21)36-31-12-10-20(16-38)25(31)39-28(40-31)19-6-4-3-5-7-19/h11,15,19-21,25,28,38H,3-10,12-14,16H2,1-2H3,(H2,33,35,36,37). The zero-order chi connectivity index (χ0) is 27.8. The van der Waals surface area contributed by atoms with E-state index in [1.54, 1.807) is 11.3 Å². The van der Waals surface area contributed by atoms with Gasteiger partial charge in [0.25, 0.3) is 0 Å². The minimum Gasteiger partial charge on any atom is -0.396 e. The van der Waals surface area contributed by atoms with E-state index in [1.165, 1.54) is 44.9 Å². The first-order chi connectivity index (χ1) is 20.0. The molecule has 4 unspecified atom stereocenters. The van der Waals surface area contributed by atoms with Crippen LogP contribution in [0.1, 0.15) is 82.0 Å². The number of aliphatic hydroxyl groups excluding tert-OH is 1. The molecule has 10 heteroatoms. The van der Waals surface area contributed by atoms with Crippen LogP contribution in [0, 0.1) is 31.6 Å². The summed E-state index contributed by atoms with van der Waals surface area (Å²) in [4.78, 5) is 19.7. The Morgan fingerprint density at radius 2 is 1.80 bits per heavy atom. The number of hydrogen-bond donors (Lipinski definition) is 3. The predicted molar refractivity (Wildman–Crippen MR) is 159 cm³/mol. The molecule has 5 fully saturated rings. The average Bonchev–Trinajstić information content (AvgIpc) is 3.85. The van der Waals surface area contributed by atoms with Crippen LogP contribution in [0.4, 0.5) is 11.8 Å². The van der Waals surface area contributed by atoms with Gasteiger partial charge in [-0.3, -0.25) is 4.98 Å². The fraction of sp³-hybridized carbons (Fsp3) is 0.677. The number of hydrogen-bond acceptors (Lipinski definition) is 10. The molecule has 0 radical (unpaired) electrons. The van der Waals surface area contributed by atoms with E-state index in [4.69, 9.17) is 24.4 Å². The van der Waals surface area contributed by atoms with Gasteiger partial charge >= 0.3 is 0 Å². The first kappa shape index (κ1) is 26.2. The Labute approximate surface area is 244 Å². The van der Waals surface area contributed by atoms with E-state index < -0.39 is 5.72 Å². The molecule has 8 rings (SSSR count). The third-order valence-electron chi connectivity index (χ3n) is 10.3. The third kappa shape index (κ3) is 4.53. The maximum atomic E-state index is 10.3. The summed E-state index contributed by atoms with van der Waals surface area (Å²) in [6.45, 7) is 4.14. The Kier molecular flexibility index (Phi) is 6.29. The molecule has 0 spiro atoms. The van der Waals surface area contributed by atoms with Gasteiger partial charge in [-0.1, -0.05) is 19.3 Å². The molecule has 4 heterocycles. The second kappa shape index (κ2) is 9.82. The maximum absolute atomic E-state index is 10.3. The normalized spacial score (nSPS) is 31.0. The lowest BCUT2D eigenvalue weighted by Gasteiger charge is -2.32. The van der Waals surface area contributed by atoms with Crippen molar-refractivity contribution in [2.24, 2.45) is 17.8 Å². The van der Waals surface area contributed by atoms with Crippen LogP contribution in [0.3, 0.4) is 0 Å². The highest BCUT2D eigenvalue weighted by atomic mass is 32.1. The number of ether oxygens (including phenoxy) is 2. The molecule has 0 aromatic carbocycles. The number of nitrogens with one attached hydrogen (secondary N) is 2. The van der Waals surface area contributed by atoms with Gasteiger partial charge in [0, 0.05) is 30.2 Å². The molecule has 1 saturated heterocycles. The molecule has 218 valence electrons. The molecule has 1 aliphatic heterocycles. The van der Waals surface area contributed by atoms with Crippen LogP contribution in [-0.2, 0) is 9.47 Å². The number of nitrogens with zero attached hydrogens (tertiary/aromatic N) is 4. The van der Waals surface area contributed by atoms with Crippen LogP contribution in [0.15, 0.2) is 12.3 Å². The number of thiazole rings is 1. The first-order valence-electron chi connectivity index (χ1n) is 15.6. The Morgan fingerprint density at radius 1 is 0.976 bits per heavy atom. The molecule has 3 N–H and O–H groups in total. The second-order valence-electron chi connectivity index (χ2n) is 13.1. The van der Waals surface area contributed by atoms with Crippen molar-refractivity contribution in [3.63, 3.8) is 0 Å². The number of aliphatic hydroxyl groups is 1. The summed E-state index contributed by atoms with van der Waals surface area (Å²) < 4.78 is 14.7. The maximum Gasteiger partial charge on any atom is 0.225 e. The summed E-state index contributed by atoms with van der Waals surface area (Å²) in [6.07, 6.45) is 13.9. The van der Waals surface area contributed by atoms with Gasteiger partial charge in [0.05, 0.1) is 21.7 Å². The summed E-state index contributed by atoms with van der Waals surface area (Å²) in [5, 5.41) is 18.7. The van der Waals surface area contributed by atoms with Crippen LogP contribution < -0.4 is 10.6 Å². The van der Waals surface area contributed by atoms with Gasteiger partial charge in [-0.15, -0.1) is 11.3 Å². The van der Waals surface area contributed by atoms with Crippen molar-refractivity contribution >= 4 is 33.3 Å². The number of rotatable bonds is 8. The minimum absolute atomic E-state index is 0.0286. The van der Waals surface area contributed by atoms with Crippen LogP contribution >= 0.6 is 11.3 Å². The molecule has 4 atom stereocenters. The van der Waals surface area contributed by atoms with Crippen LogP contribution in [0.5, 0.6) is 0 Å². The highest BCUT2D eigenvalue weighted by Gasteiger charge is 2.59. The van der Waals surface area contributed by atoms with Crippen LogP contribution in [0.25, 0.3) is 20.8 Å². The minimum atomic E-state index is -0.746. The van der Waals surface area contributed by atoms with E-state index >= 15 is 0 Å². The molecular weight excluding hydrogens is 536 g/mol. The summed E-state index contributed by atoms with van der Waals surface area (Å²) in [5.74, 6) is 2.55. The quantitative estimate of drug-likeness (QED) is 0.299. The Hall–Kier alpha value is -2.40. The molecule has 4 saturated carbocycles. The fourth-order valence-corrected chi connectivity index (χ4v) is 8.77. The molecule has 9 nitrogen and oxygen atoms in total. The third-order valence-corrected chi connectivity index (χ3v) is 11.3. The lowest BCUT2D eigenvalue weighted by Crippen LogP contribution is -2.46. The SMILES string of the molecule is Cc1nc(NC2(C3CC3)CC2)nc(NC23CCC(CO)C2OC(C2CCCCC2)O3)c1-c1nc2c(C)nccc2s1. The van der Waals surface area contributed by atoms with Gasteiger partial charge in [0.15, 0.2) is 12.0 Å². The van der Waals surface area contributed by atoms with Gasteiger partial charge < -0.3 is 25.2 Å². The Bertz CT molecular complexity index is 1470. The molecule has 3 aromatic rings. The van der Waals surface area contributed by atoms with Gasteiger partial charge in [0.2, 0.25) is 5.95 Å². The molecule has 41 heavy (non-hydrogen) atoms.